The smallest absolute Gasteiger partial charge is 0.312 e. The summed E-state index contributed by atoms with van der Waals surface area (Å²) in [5.74, 6) is 0.853. The normalized spacial score (nSPS) is 32.8. The zero-order chi connectivity index (χ0) is 21.5. The van der Waals surface area contributed by atoms with Gasteiger partial charge in [-0.1, -0.05) is 38.1 Å². The van der Waals surface area contributed by atoms with Crippen molar-refractivity contribution in [1.82, 2.24) is 5.32 Å². The van der Waals surface area contributed by atoms with Gasteiger partial charge in [-0.25, -0.2) is 0 Å². The van der Waals surface area contributed by atoms with Crippen molar-refractivity contribution in [2.24, 2.45) is 23.2 Å². The molecule has 5 nitrogen and oxygen atoms in total. The Morgan fingerprint density at radius 2 is 1.73 bits per heavy atom. The summed E-state index contributed by atoms with van der Waals surface area (Å²) in [4.78, 5) is 25.3. The average Bonchev–Trinajstić information content (AvgIpc) is 2.64. The first-order valence-electron chi connectivity index (χ1n) is 11.4. The molecule has 5 rings (SSSR count). The summed E-state index contributed by atoms with van der Waals surface area (Å²) >= 11 is 0. The molecule has 4 bridgehead atoms. The molecule has 5 atom stereocenters. The number of nitrogens with one attached hydrogen (secondary N) is 1. The highest BCUT2D eigenvalue weighted by Crippen LogP contribution is 2.61. The lowest BCUT2D eigenvalue weighted by Gasteiger charge is -2.58. The lowest BCUT2D eigenvalue weighted by molar-refractivity contribution is -0.196. The summed E-state index contributed by atoms with van der Waals surface area (Å²) in [5, 5.41) is 13.7. The summed E-state index contributed by atoms with van der Waals surface area (Å²) < 4.78 is 5.47. The van der Waals surface area contributed by atoms with Gasteiger partial charge < -0.3 is 15.2 Å². The molecule has 0 saturated heterocycles. The van der Waals surface area contributed by atoms with E-state index in [4.69, 9.17) is 4.74 Å². The van der Waals surface area contributed by atoms with Gasteiger partial charge in [0.05, 0.1) is 17.1 Å². The third-order valence-electron chi connectivity index (χ3n) is 7.30. The fraction of sp³-hybridized carbons (Fsp3) is 0.680. The molecule has 2 unspecified atom stereocenters. The van der Waals surface area contributed by atoms with E-state index in [-0.39, 0.29) is 24.5 Å². The van der Waals surface area contributed by atoms with Crippen molar-refractivity contribution < 1.29 is 19.4 Å². The number of amides is 1. The van der Waals surface area contributed by atoms with Crippen LogP contribution in [0, 0.1) is 23.2 Å². The third-order valence-corrected chi connectivity index (χ3v) is 7.30. The van der Waals surface area contributed by atoms with Crippen LogP contribution in [0.5, 0.6) is 0 Å². The monoisotopic (exact) mass is 413 g/mol. The molecule has 1 aromatic rings. The number of hydrogen-bond donors (Lipinski definition) is 2. The molecule has 0 heterocycles. The van der Waals surface area contributed by atoms with Crippen LogP contribution in [0.25, 0.3) is 0 Å². The minimum Gasteiger partial charge on any atom is -0.455 e. The van der Waals surface area contributed by atoms with Crippen LogP contribution < -0.4 is 5.32 Å². The number of esters is 1. The van der Waals surface area contributed by atoms with Crippen LogP contribution in [0.1, 0.15) is 76.5 Å². The van der Waals surface area contributed by atoms with E-state index >= 15 is 0 Å². The Labute approximate surface area is 179 Å². The Morgan fingerprint density at radius 1 is 1.10 bits per heavy atom. The molecule has 30 heavy (non-hydrogen) atoms. The molecule has 0 aromatic heterocycles. The van der Waals surface area contributed by atoms with Crippen LogP contribution in [0.2, 0.25) is 0 Å². The lowest BCUT2D eigenvalue weighted by Crippen LogP contribution is -2.58. The highest BCUT2D eigenvalue weighted by molar-refractivity contribution is 5.83. The fourth-order valence-electron chi connectivity index (χ4n) is 6.52. The van der Waals surface area contributed by atoms with Gasteiger partial charge >= 0.3 is 5.97 Å². The van der Waals surface area contributed by atoms with Crippen LogP contribution in [0.4, 0.5) is 0 Å². The van der Waals surface area contributed by atoms with Gasteiger partial charge in [0.1, 0.15) is 0 Å². The second kappa shape index (κ2) is 7.99. The SMILES string of the molecule is CC(C)Cc1ccc([C@H](C)NC(=O)COC(=O)C23C[C@@H]4C[C@@H](CC(O)(C4)C2)C3)cc1. The fourth-order valence-corrected chi connectivity index (χ4v) is 6.52. The number of ether oxygens (including phenoxy) is 1. The summed E-state index contributed by atoms with van der Waals surface area (Å²) in [6, 6.07) is 8.16. The quantitative estimate of drug-likeness (QED) is 0.664. The van der Waals surface area contributed by atoms with Gasteiger partial charge in [0.2, 0.25) is 0 Å². The van der Waals surface area contributed by atoms with Crippen molar-refractivity contribution in [3.63, 3.8) is 0 Å². The molecular weight excluding hydrogens is 378 g/mol. The molecule has 4 saturated carbocycles. The summed E-state index contributed by atoms with van der Waals surface area (Å²) in [5.41, 5.74) is 1.03. The number of carbonyl (C=O) groups is 2. The van der Waals surface area contributed by atoms with E-state index in [0.29, 0.717) is 24.2 Å². The molecule has 0 radical (unpaired) electrons. The van der Waals surface area contributed by atoms with E-state index < -0.39 is 11.0 Å². The van der Waals surface area contributed by atoms with Crippen molar-refractivity contribution in [2.75, 3.05) is 6.61 Å². The van der Waals surface area contributed by atoms with E-state index in [1.807, 2.05) is 19.1 Å². The van der Waals surface area contributed by atoms with Crippen molar-refractivity contribution in [1.29, 1.82) is 0 Å². The van der Waals surface area contributed by atoms with Gasteiger partial charge in [0.25, 0.3) is 5.91 Å². The number of rotatable bonds is 7. The van der Waals surface area contributed by atoms with Gasteiger partial charge in [-0.3, -0.25) is 9.59 Å². The van der Waals surface area contributed by atoms with Crippen molar-refractivity contribution in [2.45, 2.75) is 77.4 Å². The minimum absolute atomic E-state index is 0.149. The number of carbonyl (C=O) groups excluding carboxylic acids is 2. The molecule has 2 N–H and O–H groups in total. The Hall–Kier alpha value is -1.88. The van der Waals surface area contributed by atoms with E-state index in [0.717, 1.165) is 44.1 Å². The van der Waals surface area contributed by atoms with Crippen LogP contribution >= 0.6 is 0 Å². The van der Waals surface area contributed by atoms with Crippen molar-refractivity contribution >= 4 is 11.9 Å². The Kier molecular flexibility index (Phi) is 5.69. The lowest BCUT2D eigenvalue weighted by atomic mass is 9.48. The summed E-state index contributed by atoms with van der Waals surface area (Å²) in [6.45, 7) is 6.07. The maximum Gasteiger partial charge on any atom is 0.312 e. The minimum atomic E-state index is -0.707. The van der Waals surface area contributed by atoms with Gasteiger partial charge in [-0.05, 0) is 80.8 Å². The molecule has 1 amide bonds. The first kappa shape index (κ1) is 21.4. The maximum absolute atomic E-state index is 12.9. The van der Waals surface area contributed by atoms with E-state index in [2.05, 4.69) is 31.3 Å². The molecular formula is C25H35NO4. The number of aliphatic hydroxyl groups is 1. The first-order valence-corrected chi connectivity index (χ1v) is 11.4. The molecule has 4 aliphatic carbocycles. The second-order valence-electron chi connectivity index (χ2n) is 10.7. The molecule has 1 aromatic carbocycles. The topological polar surface area (TPSA) is 75.6 Å². The highest BCUT2D eigenvalue weighted by atomic mass is 16.5. The molecule has 4 fully saturated rings. The molecule has 5 heteroatoms. The van der Waals surface area contributed by atoms with Crippen molar-refractivity contribution in [3.8, 4) is 0 Å². The van der Waals surface area contributed by atoms with E-state index in [1.165, 1.54) is 5.56 Å². The van der Waals surface area contributed by atoms with Crippen LogP contribution in [0.15, 0.2) is 24.3 Å². The van der Waals surface area contributed by atoms with Crippen LogP contribution in [-0.2, 0) is 20.7 Å². The van der Waals surface area contributed by atoms with Gasteiger partial charge in [0.15, 0.2) is 6.61 Å². The predicted octanol–water partition coefficient (Wildman–Crippen LogP) is 3.94. The summed E-state index contributed by atoms with van der Waals surface area (Å²) in [7, 11) is 0. The van der Waals surface area contributed by atoms with Crippen molar-refractivity contribution in [3.05, 3.63) is 35.4 Å². The number of benzene rings is 1. The third kappa shape index (κ3) is 4.41. The second-order valence-corrected chi connectivity index (χ2v) is 10.7. The zero-order valence-corrected chi connectivity index (χ0v) is 18.4. The molecule has 164 valence electrons. The molecule has 0 aliphatic heterocycles. The Bertz CT molecular complexity index is 786. The van der Waals surface area contributed by atoms with Gasteiger partial charge in [-0.15, -0.1) is 0 Å². The first-order chi connectivity index (χ1) is 14.2. The standard InChI is InChI=1S/C25H35NO4/c1-16(2)8-18-4-6-21(7-5-18)17(3)26-22(27)14-30-23(28)24-10-19-9-20(11-24)13-25(29,12-19)15-24/h4-7,16-17,19-20,29H,8-15H2,1-3H3,(H,26,27)/t17-,19-,20+,24?,25?/m0/s1. The number of hydrogen-bond acceptors (Lipinski definition) is 4. The predicted molar refractivity (Wildman–Crippen MR) is 115 cm³/mol. The zero-order valence-electron chi connectivity index (χ0n) is 18.4. The highest BCUT2D eigenvalue weighted by Gasteiger charge is 2.60. The summed E-state index contributed by atoms with van der Waals surface area (Å²) in [6.07, 6.45) is 5.86. The molecule has 0 spiro atoms. The van der Waals surface area contributed by atoms with E-state index in [9.17, 15) is 14.7 Å². The molecule has 4 aliphatic rings. The largest absolute Gasteiger partial charge is 0.455 e. The Morgan fingerprint density at radius 3 is 2.30 bits per heavy atom. The Balaban J connectivity index is 1.29. The van der Waals surface area contributed by atoms with Crippen LogP contribution in [0.3, 0.4) is 0 Å². The maximum atomic E-state index is 12.9. The van der Waals surface area contributed by atoms with E-state index in [1.54, 1.807) is 0 Å². The van der Waals surface area contributed by atoms with Crippen LogP contribution in [-0.4, -0.2) is 29.2 Å². The van der Waals surface area contributed by atoms with Gasteiger partial charge in [0, 0.05) is 0 Å². The average molecular weight is 414 g/mol. The van der Waals surface area contributed by atoms with Gasteiger partial charge in [-0.2, -0.15) is 0 Å².